The fraction of sp³-hybridized carbons (Fsp3) is 0.800. The second kappa shape index (κ2) is 7.94. The normalized spacial score (nSPS) is 23.3. The third-order valence-corrected chi connectivity index (χ3v) is 5.58. The highest BCUT2D eigenvalue weighted by Crippen LogP contribution is 2.29. The summed E-state index contributed by atoms with van der Waals surface area (Å²) >= 11 is 1.33. The van der Waals surface area contributed by atoms with Crippen LogP contribution < -0.4 is 5.73 Å². The van der Waals surface area contributed by atoms with Crippen LogP contribution in [-0.2, 0) is 14.4 Å². The van der Waals surface area contributed by atoms with E-state index in [9.17, 15) is 14.4 Å². The first-order valence-electron chi connectivity index (χ1n) is 7.59. The van der Waals surface area contributed by atoms with Crippen molar-refractivity contribution >= 4 is 29.4 Å². The first-order valence-corrected chi connectivity index (χ1v) is 8.64. The molecule has 1 heterocycles. The topological polar surface area (TPSA) is 80.5 Å². The fourth-order valence-electron chi connectivity index (χ4n) is 2.35. The lowest BCUT2D eigenvalue weighted by atomic mass is 10.00. The van der Waals surface area contributed by atoms with Gasteiger partial charge in [-0.1, -0.05) is 27.2 Å². The van der Waals surface area contributed by atoms with E-state index in [1.54, 1.807) is 6.92 Å². The van der Waals surface area contributed by atoms with Crippen LogP contribution in [0.2, 0.25) is 0 Å². The molecule has 120 valence electrons. The molecule has 1 saturated heterocycles. The summed E-state index contributed by atoms with van der Waals surface area (Å²) in [6.07, 6.45) is 1.54. The largest absolute Gasteiger partial charge is 0.321 e. The van der Waals surface area contributed by atoms with E-state index >= 15 is 0 Å². The first-order chi connectivity index (χ1) is 9.83. The average Bonchev–Trinajstić information content (AvgIpc) is 2.76. The number of likely N-dealkylation sites (tertiary alicyclic amines) is 1. The van der Waals surface area contributed by atoms with E-state index in [0.29, 0.717) is 12.2 Å². The Bertz CT molecular complexity index is 414. The van der Waals surface area contributed by atoms with Gasteiger partial charge in [-0.2, -0.15) is 0 Å². The Labute approximate surface area is 131 Å². The molecular weight excluding hydrogens is 288 g/mol. The summed E-state index contributed by atoms with van der Waals surface area (Å²) in [7, 11) is 0. The van der Waals surface area contributed by atoms with Crippen molar-refractivity contribution in [2.45, 2.75) is 64.3 Å². The molecule has 0 spiro atoms. The molecule has 0 aliphatic carbocycles. The van der Waals surface area contributed by atoms with E-state index < -0.39 is 6.04 Å². The van der Waals surface area contributed by atoms with E-state index in [1.807, 2.05) is 20.8 Å². The van der Waals surface area contributed by atoms with Crippen LogP contribution in [0.25, 0.3) is 0 Å². The standard InChI is InChI=1S/C15H26N2O3S/c1-5-9(3)10(4)17-14(19)7-13(15(17)20)21-8-11(16)12(18)6-2/h9-11,13H,5-8,16H2,1-4H3. The number of ketones is 1. The fourth-order valence-corrected chi connectivity index (χ4v) is 3.49. The molecule has 6 heteroatoms. The predicted octanol–water partition coefficient (Wildman–Crippen LogP) is 1.59. The molecule has 0 aromatic heterocycles. The second-order valence-corrected chi connectivity index (χ2v) is 6.92. The minimum Gasteiger partial charge on any atom is -0.321 e. The number of Topliss-reactive ketones (excluding diaryl/α,β-unsaturated/α-hetero) is 1. The minimum atomic E-state index is -0.552. The highest BCUT2D eigenvalue weighted by atomic mass is 32.2. The van der Waals surface area contributed by atoms with Gasteiger partial charge < -0.3 is 5.73 Å². The maximum absolute atomic E-state index is 12.4. The van der Waals surface area contributed by atoms with Crippen molar-refractivity contribution in [1.82, 2.24) is 4.90 Å². The summed E-state index contributed by atoms with van der Waals surface area (Å²) in [6, 6.07) is -0.629. The predicted molar refractivity (Wildman–Crippen MR) is 84.9 cm³/mol. The molecule has 0 bridgehead atoms. The van der Waals surface area contributed by atoms with E-state index in [4.69, 9.17) is 5.73 Å². The summed E-state index contributed by atoms with van der Waals surface area (Å²) < 4.78 is 0. The summed E-state index contributed by atoms with van der Waals surface area (Å²) in [4.78, 5) is 37.3. The molecule has 4 unspecified atom stereocenters. The second-order valence-electron chi connectivity index (χ2n) is 5.68. The highest BCUT2D eigenvalue weighted by molar-refractivity contribution is 8.00. The average molecular weight is 314 g/mol. The van der Waals surface area contributed by atoms with Crippen LogP contribution in [0.4, 0.5) is 0 Å². The lowest BCUT2D eigenvalue weighted by Crippen LogP contribution is -2.42. The third kappa shape index (κ3) is 4.30. The number of thioether (sulfide) groups is 1. The highest BCUT2D eigenvalue weighted by Gasteiger charge is 2.42. The molecule has 4 atom stereocenters. The Morgan fingerprint density at radius 3 is 2.52 bits per heavy atom. The monoisotopic (exact) mass is 314 g/mol. The van der Waals surface area contributed by atoms with Gasteiger partial charge in [0.15, 0.2) is 0 Å². The summed E-state index contributed by atoms with van der Waals surface area (Å²) in [5.74, 6) is 0.423. The number of nitrogens with zero attached hydrogens (tertiary/aromatic N) is 1. The van der Waals surface area contributed by atoms with Crippen molar-refractivity contribution in [1.29, 1.82) is 0 Å². The van der Waals surface area contributed by atoms with Crippen molar-refractivity contribution in [2.24, 2.45) is 11.7 Å². The SMILES string of the molecule is CCC(=O)C(N)CSC1CC(=O)N(C(C)C(C)CC)C1=O. The van der Waals surface area contributed by atoms with Crippen LogP contribution in [0, 0.1) is 5.92 Å². The zero-order valence-electron chi connectivity index (χ0n) is 13.3. The molecule has 21 heavy (non-hydrogen) atoms. The summed E-state index contributed by atoms with van der Waals surface area (Å²) in [5, 5.41) is -0.389. The van der Waals surface area contributed by atoms with Gasteiger partial charge in [-0.25, -0.2) is 0 Å². The molecule has 0 aromatic carbocycles. The Kier molecular flexibility index (Phi) is 6.87. The van der Waals surface area contributed by atoms with Crippen molar-refractivity contribution < 1.29 is 14.4 Å². The van der Waals surface area contributed by atoms with Crippen molar-refractivity contribution in [2.75, 3.05) is 5.75 Å². The first kappa shape index (κ1) is 18.2. The van der Waals surface area contributed by atoms with E-state index in [0.717, 1.165) is 6.42 Å². The van der Waals surface area contributed by atoms with Crippen LogP contribution in [0.5, 0.6) is 0 Å². The Morgan fingerprint density at radius 1 is 1.38 bits per heavy atom. The molecule has 0 radical (unpaired) electrons. The van der Waals surface area contributed by atoms with Gasteiger partial charge in [-0.15, -0.1) is 11.8 Å². The molecule has 1 rings (SSSR count). The molecule has 2 amide bonds. The molecule has 1 aliphatic rings. The molecule has 2 N–H and O–H groups in total. The van der Waals surface area contributed by atoms with Crippen LogP contribution in [-0.4, -0.2) is 45.6 Å². The summed E-state index contributed by atoms with van der Waals surface area (Å²) in [6.45, 7) is 7.78. The lowest BCUT2D eigenvalue weighted by Gasteiger charge is -2.27. The van der Waals surface area contributed by atoms with Gasteiger partial charge in [0.05, 0.1) is 11.3 Å². The van der Waals surface area contributed by atoms with E-state index in [-0.39, 0.29) is 41.2 Å². The summed E-state index contributed by atoms with van der Waals surface area (Å²) in [5.41, 5.74) is 5.77. The minimum absolute atomic E-state index is 0.0101. The molecule has 0 saturated carbocycles. The van der Waals surface area contributed by atoms with Gasteiger partial charge in [0.1, 0.15) is 5.78 Å². The maximum atomic E-state index is 12.4. The van der Waals surface area contributed by atoms with Crippen molar-refractivity contribution in [3.8, 4) is 0 Å². The van der Waals surface area contributed by atoms with Gasteiger partial charge in [0, 0.05) is 24.6 Å². The number of nitrogens with two attached hydrogens (primary N) is 1. The van der Waals surface area contributed by atoms with Crippen molar-refractivity contribution in [3.05, 3.63) is 0 Å². The molecule has 1 aliphatic heterocycles. The number of imide groups is 1. The van der Waals surface area contributed by atoms with Crippen molar-refractivity contribution in [3.63, 3.8) is 0 Å². The molecule has 1 fully saturated rings. The van der Waals surface area contributed by atoms with Crippen LogP contribution in [0.3, 0.4) is 0 Å². The van der Waals surface area contributed by atoms with E-state index in [2.05, 4.69) is 0 Å². The Morgan fingerprint density at radius 2 is 2.00 bits per heavy atom. The Balaban J connectivity index is 2.63. The van der Waals surface area contributed by atoms with Crippen LogP contribution in [0.15, 0.2) is 0 Å². The molecule has 0 aromatic rings. The number of hydrogen-bond donors (Lipinski definition) is 1. The van der Waals surface area contributed by atoms with Crippen LogP contribution in [0.1, 0.15) is 47.0 Å². The number of amides is 2. The third-order valence-electron chi connectivity index (χ3n) is 4.26. The lowest BCUT2D eigenvalue weighted by molar-refractivity contribution is -0.141. The van der Waals surface area contributed by atoms with Gasteiger partial charge in [0.2, 0.25) is 11.8 Å². The number of hydrogen-bond acceptors (Lipinski definition) is 5. The molecule has 5 nitrogen and oxygen atoms in total. The van der Waals surface area contributed by atoms with E-state index in [1.165, 1.54) is 16.7 Å². The van der Waals surface area contributed by atoms with Gasteiger partial charge in [-0.3, -0.25) is 19.3 Å². The number of carbonyl (C=O) groups is 3. The zero-order valence-corrected chi connectivity index (χ0v) is 14.1. The van der Waals surface area contributed by atoms with Gasteiger partial charge >= 0.3 is 0 Å². The number of rotatable bonds is 8. The smallest absolute Gasteiger partial charge is 0.243 e. The quantitative estimate of drug-likeness (QED) is 0.688. The maximum Gasteiger partial charge on any atom is 0.243 e. The van der Waals surface area contributed by atoms with Gasteiger partial charge in [-0.05, 0) is 12.8 Å². The molecular formula is C15H26N2O3S. The zero-order chi connectivity index (χ0) is 16.2. The van der Waals surface area contributed by atoms with Gasteiger partial charge in [0.25, 0.3) is 0 Å². The Hall–Kier alpha value is -0.880. The van der Waals surface area contributed by atoms with Crippen LogP contribution >= 0.6 is 11.8 Å². The number of carbonyl (C=O) groups excluding carboxylic acids is 3.